The number of nitrogens with zero attached hydrogens (tertiary/aromatic N) is 3. The van der Waals surface area contributed by atoms with Gasteiger partial charge in [0.25, 0.3) is 5.88 Å². The molecule has 8 heteroatoms. The highest BCUT2D eigenvalue weighted by Crippen LogP contribution is 2.31. The molecule has 0 aromatic carbocycles. The lowest BCUT2D eigenvalue weighted by Gasteiger charge is -2.07. The second-order valence-corrected chi connectivity index (χ2v) is 2.93. The second-order valence-electron chi connectivity index (χ2n) is 2.93. The Morgan fingerprint density at radius 3 is 2.69 bits per heavy atom. The predicted molar refractivity (Wildman–Crippen MR) is 51.3 cm³/mol. The number of aliphatic carboxylic acids is 1. The van der Waals surface area contributed by atoms with E-state index < -0.39 is 22.5 Å². The highest BCUT2D eigenvalue weighted by atomic mass is 16.6. The van der Waals surface area contributed by atoms with Crippen LogP contribution in [0.2, 0.25) is 0 Å². The molecule has 16 heavy (non-hydrogen) atoms. The zero-order chi connectivity index (χ0) is 12.3. The molecule has 1 aromatic heterocycles. The lowest BCUT2D eigenvalue weighted by molar-refractivity contribution is -0.387. The molecule has 0 radical (unpaired) electrons. The number of rotatable bonds is 4. The van der Waals surface area contributed by atoms with Crippen LogP contribution in [-0.4, -0.2) is 33.1 Å². The van der Waals surface area contributed by atoms with Crippen molar-refractivity contribution in [3.63, 3.8) is 0 Å². The van der Waals surface area contributed by atoms with Crippen LogP contribution in [0, 0.1) is 10.1 Å². The summed E-state index contributed by atoms with van der Waals surface area (Å²) in [4.78, 5) is 27.9. The minimum atomic E-state index is -1.20. The lowest BCUT2D eigenvalue weighted by atomic mass is 10.1. The van der Waals surface area contributed by atoms with Crippen LogP contribution in [0.1, 0.15) is 18.5 Å². The highest BCUT2D eigenvalue weighted by Gasteiger charge is 2.30. The molecule has 0 aliphatic rings. The Kier molecular flexibility index (Phi) is 3.33. The van der Waals surface area contributed by atoms with Crippen LogP contribution in [-0.2, 0) is 4.79 Å². The van der Waals surface area contributed by atoms with Gasteiger partial charge >= 0.3 is 11.7 Å². The van der Waals surface area contributed by atoms with Gasteiger partial charge in [-0.05, 0) is 6.92 Å². The standard InChI is InChI=1S/C8H9N3O5/c1-4(8(12)13)5-6(11(14)15)7(16-2)10-3-9-5/h3-4H,1-2H3,(H,12,13). The van der Waals surface area contributed by atoms with E-state index in [2.05, 4.69) is 9.97 Å². The summed E-state index contributed by atoms with van der Waals surface area (Å²) in [5.74, 6) is -2.55. The van der Waals surface area contributed by atoms with E-state index in [1.165, 1.54) is 14.0 Å². The van der Waals surface area contributed by atoms with Crippen LogP contribution in [0.25, 0.3) is 0 Å². The number of carboxylic acid groups (broad SMARTS) is 1. The molecule has 1 rings (SSSR count). The molecule has 0 bridgehead atoms. The Hall–Kier alpha value is -2.25. The topological polar surface area (TPSA) is 115 Å². The van der Waals surface area contributed by atoms with Crippen molar-refractivity contribution in [1.82, 2.24) is 9.97 Å². The van der Waals surface area contributed by atoms with Gasteiger partial charge in [0.2, 0.25) is 0 Å². The van der Waals surface area contributed by atoms with E-state index in [0.29, 0.717) is 0 Å². The molecule has 0 saturated heterocycles. The summed E-state index contributed by atoms with van der Waals surface area (Å²) in [6.07, 6.45) is 1.03. The first-order chi connectivity index (χ1) is 7.49. The number of aromatic nitrogens is 2. The Bertz CT molecular complexity index is 434. The first-order valence-corrected chi connectivity index (χ1v) is 4.25. The van der Waals surface area contributed by atoms with Crippen molar-refractivity contribution in [2.24, 2.45) is 0 Å². The number of carboxylic acids is 1. The number of nitro groups is 1. The summed E-state index contributed by atoms with van der Waals surface area (Å²) in [6.45, 7) is 1.30. The van der Waals surface area contributed by atoms with Crippen molar-refractivity contribution < 1.29 is 19.6 Å². The lowest BCUT2D eigenvalue weighted by Crippen LogP contribution is -2.13. The van der Waals surface area contributed by atoms with Crippen molar-refractivity contribution in [2.75, 3.05) is 7.11 Å². The average Bonchev–Trinajstić information content (AvgIpc) is 2.26. The van der Waals surface area contributed by atoms with Crippen molar-refractivity contribution in [1.29, 1.82) is 0 Å². The van der Waals surface area contributed by atoms with E-state index >= 15 is 0 Å². The first kappa shape index (κ1) is 11.8. The van der Waals surface area contributed by atoms with Gasteiger partial charge in [-0.25, -0.2) is 4.98 Å². The number of hydrogen-bond donors (Lipinski definition) is 1. The molecule has 0 saturated carbocycles. The molecule has 0 spiro atoms. The third-order valence-electron chi connectivity index (χ3n) is 1.97. The number of methoxy groups -OCH3 is 1. The van der Waals surface area contributed by atoms with Crippen LogP contribution in [0.5, 0.6) is 5.88 Å². The van der Waals surface area contributed by atoms with E-state index in [1.54, 1.807) is 0 Å². The monoisotopic (exact) mass is 227 g/mol. The van der Waals surface area contributed by atoms with E-state index in [9.17, 15) is 14.9 Å². The number of ether oxygens (including phenoxy) is 1. The van der Waals surface area contributed by atoms with Gasteiger partial charge in [-0.1, -0.05) is 0 Å². The maximum absolute atomic E-state index is 10.8. The fourth-order valence-corrected chi connectivity index (χ4v) is 1.13. The molecule has 1 aromatic rings. The van der Waals surface area contributed by atoms with Crippen LogP contribution in [0.4, 0.5) is 5.69 Å². The first-order valence-electron chi connectivity index (χ1n) is 4.25. The van der Waals surface area contributed by atoms with Crippen molar-refractivity contribution >= 4 is 11.7 Å². The summed E-state index contributed by atoms with van der Waals surface area (Å²) < 4.78 is 4.69. The molecule has 0 fully saturated rings. The minimum Gasteiger partial charge on any atom is -0.481 e. The summed E-state index contributed by atoms with van der Waals surface area (Å²) in [7, 11) is 1.21. The third-order valence-corrected chi connectivity index (χ3v) is 1.97. The molecule has 1 atom stereocenters. The number of hydrogen-bond acceptors (Lipinski definition) is 6. The molecular formula is C8H9N3O5. The Balaban J connectivity index is 3.38. The van der Waals surface area contributed by atoms with Gasteiger partial charge in [0.1, 0.15) is 17.9 Å². The molecule has 1 heterocycles. The maximum Gasteiger partial charge on any atom is 0.353 e. The van der Waals surface area contributed by atoms with Crippen molar-refractivity contribution in [3.05, 3.63) is 22.1 Å². The van der Waals surface area contributed by atoms with Gasteiger partial charge in [-0.15, -0.1) is 0 Å². The molecule has 86 valence electrons. The quantitative estimate of drug-likeness (QED) is 0.590. The van der Waals surface area contributed by atoms with E-state index in [1.807, 2.05) is 0 Å². The smallest absolute Gasteiger partial charge is 0.353 e. The SMILES string of the molecule is COc1ncnc(C(C)C(=O)O)c1[N+](=O)[O-]. The highest BCUT2D eigenvalue weighted by molar-refractivity contribution is 5.76. The summed E-state index contributed by atoms with van der Waals surface area (Å²) in [6, 6.07) is 0. The zero-order valence-electron chi connectivity index (χ0n) is 8.58. The van der Waals surface area contributed by atoms with Crippen LogP contribution < -0.4 is 4.74 Å². The zero-order valence-corrected chi connectivity index (χ0v) is 8.58. The third kappa shape index (κ3) is 2.05. The van der Waals surface area contributed by atoms with Crippen molar-refractivity contribution in [3.8, 4) is 5.88 Å². The fraction of sp³-hybridized carbons (Fsp3) is 0.375. The Labute approximate surface area is 90.1 Å². The molecular weight excluding hydrogens is 218 g/mol. The predicted octanol–water partition coefficient (Wildman–Crippen LogP) is 0.581. The van der Waals surface area contributed by atoms with Gasteiger partial charge in [0.15, 0.2) is 0 Å². The molecule has 0 aliphatic heterocycles. The van der Waals surface area contributed by atoms with Crippen molar-refractivity contribution in [2.45, 2.75) is 12.8 Å². The Morgan fingerprint density at radius 2 is 2.25 bits per heavy atom. The molecule has 0 aliphatic carbocycles. The Morgan fingerprint density at radius 1 is 1.62 bits per heavy atom. The minimum absolute atomic E-state index is 0.177. The molecule has 1 unspecified atom stereocenters. The largest absolute Gasteiger partial charge is 0.481 e. The molecule has 1 N–H and O–H groups in total. The number of carbonyl (C=O) groups is 1. The van der Waals surface area contributed by atoms with Gasteiger partial charge in [-0.3, -0.25) is 14.9 Å². The second kappa shape index (κ2) is 4.51. The maximum atomic E-state index is 10.8. The molecule has 8 nitrogen and oxygen atoms in total. The van der Waals surface area contributed by atoms with E-state index in [-0.39, 0.29) is 11.6 Å². The average molecular weight is 227 g/mol. The summed E-state index contributed by atoms with van der Waals surface area (Å²) in [5, 5.41) is 19.6. The van der Waals surface area contributed by atoms with Crippen LogP contribution in [0.15, 0.2) is 6.33 Å². The molecule has 0 amide bonds. The summed E-state index contributed by atoms with van der Waals surface area (Å²) >= 11 is 0. The van der Waals surface area contributed by atoms with Crippen LogP contribution >= 0.6 is 0 Å². The summed E-state index contributed by atoms with van der Waals surface area (Å²) in [5.41, 5.74) is -0.691. The van der Waals surface area contributed by atoms with Gasteiger partial charge in [0.05, 0.1) is 12.0 Å². The van der Waals surface area contributed by atoms with Gasteiger partial charge in [-0.2, -0.15) is 4.98 Å². The van der Waals surface area contributed by atoms with Gasteiger partial charge in [0, 0.05) is 0 Å². The van der Waals surface area contributed by atoms with Gasteiger partial charge < -0.3 is 9.84 Å². The van der Waals surface area contributed by atoms with Crippen LogP contribution in [0.3, 0.4) is 0 Å². The van der Waals surface area contributed by atoms with E-state index in [0.717, 1.165) is 6.33 Å². The fourth-order valence-electron chi connectivity index (χ4n) is 1.13. The van der Waals surface area contributed by atoms with E-state index in [4.69, 9.17) is 9.84 Å². The normalized spacial score (nSPS) is 11.9.